The van der Waals surface area contributed by atoms with Crippen molar-refractivity contribution in [1.82, 2.24) is 5.32 Å². The molecule has 0 aliphatic rings. The molecule has 8 heteroatoms. The third kappa shape index (κ3) is 7.39. The summed E-state index contributed by atoms with van der Waals surface area (Å²) in [5, 5.41) is 10.3. The summed E-state index contributed by atoms with van der Waals surface area (Å²) in [6, 6.07) is 5.28. The van der Waals surface area contributed by atoms with Crippen molar-refractivity contribution >= 4 is 21.7 Å². The molecule has 0 atom stereocenters. The molecule has 0 heterocycles. The van der Waals surface area contributed by atoms with E-state index in [0.717, 1.165) is 6.42 Å². The minimum absolute atomic E-state index is 0.000703. The maximum Gasteiger partial charge on any atom is 0.319 e. The van der Waals surface area contributed by atoms with Gasteiger partial charge in [-0.2, -0.15) is 0 Å². The fraction of sp³-hybridized carbons (Fsp3) is 0.500. The van der Waals surface area contributed by atoms with Crippen LogP contribution in [0, 0.1) is 5.92 Å². The number of rotatable bonds is 8. The second kappa shape index (κ2) is 8.72. The van der Waals surface area contributed by atoms with Crippen LogP contribution in [0.1, 0.15) is 20.3 Å². The fourth-order valence-corrected chi connectivity index (χ4v) is 2.11. The van der Waals surface area contributed by atoms with Crippen LogP contribution in [0.4, 0.5) is 10.5 Å². The number of sulfonamides is 1. The molecule has 0 fully saturated rings. The van der Waals surface area contributed by atoms with E-state index < -0.39 is 10.0 Å². The lowest BCUT2D eigenvalue weighted by Crippen LogP contribution is -2.30. The number of ether oxygens (including phenoxy) is 1. The van der Waals surface area contributed by atoms with Crippen molar-refractivity contribution < 1.29 is 17.9 Å². The summed E-state index contributed by atoms with van der Waals surface area (Å²) >= 11 is 0. The van der Waals surface area contributed by atoms with Crippen LogP contribution in [0.25, 0.3) is 0 Å². The lowest BCUT2D eigenvalue weighted by Gasteiger charge is -2.09. The van der Waals surface area contributed by atoms with E-state index in [4.69, 9.17) is 9.88 Å². The predicted octanol–water partition coefficient (Wildman–Crippen LogP) is 1.52. The normalized spacial score (nSPS) is 11.5. The van der Waals surface area contributed by atoms with Gasteiger partial charge in [-0.05, 0) is 36.6 Å². The van der Waals surface area contributed by atoms with E-state index in [1.807, 2.05) is 0 Å². The molecule has 0 saturated heterocycles. The highest BCUT2D eigenvalue weighted by atomic mass is 32.2. The average molecular weight is 329 g/mol. The molecule has 7 nitrogen and oxygen atoms in total. The number of carbonyl (C=O) groups is 1. The first-order valence-electron chi connectivity index (χ1n) is 7.04. The molecule has 1 aromatic carbocycles. The first kappa shape index (κ1) is 18.4. The first-order chi connectivity index (χ1) is 10.3. The van der Waals surface area contributed by atoms with Gasteiger partial charge in [0.1, 0.15) is 0 Å². The summed E-state index contributed by atoms with van der Waals surface area (Å²) in [6.45, 7) is 5.96. The number of nitrogens with one attached hydrogen (secondary N) is 2. The number of hydrogen-bond acceptors (Lipinski definition) is 4. The van der Waals surface area contributed by atoms with Gasteiger partial charge in [-0.25, -0.2) is 18.4 Å². The molecule has 0 aromatic heterocycles. The van der Waals surface area contributed by atoms with E-state index >= 15 is 0 Å². The van der Waals surface area contributed by atoms with Gasteiger partial charge >= 0.3 is 6.03 Å². The summed E-state index contributed by atoms with van der Waals surface area (Å²) in [5.41, 5.74) is 0.487. The molecular weight excluding hydrogens is 306 g/mol. The number of anilines is 1. The number of benzene rings is 1. The van der Waals surface area contributed by atoms with Crippen molar-refractivity contribution in [3.63, 3.8) is 0 Å². The zero-order valence-corrected chi connectivity index (χ0v) is 13.7. The summed E-state index contributed by atoms with van der Waals surface area (Å²) in [7, 11) is -3.72. The van der Waals surface area contributed by atoms with Crippen LogP contribution in [-0.4, -0.2) is 34.2 Å². The summed E-state index contributed by atoms with van der Waals surface area (Å²) < 4.78 is 27.6. The van der Waals surface area contributed by atoms with Gasteiger partial charge in [0.25, 0.3) is 0 Å². The monoisotopic (exact) mass is 329 g/mol. The summed E-state index contributed by atoms with van der Waals surface area (Å²) in [6.07, 6.45) is 0.727. The largest absolute Gasteiger partial charge is 0.381 e. The fourth-order valence-electron chi connectivity index (χ4n) is 1.60. The van der Waals surface area contributed by atoms with Crippen LogP contribution in [0.15, 0.2) is 29.2 Å². The van der Waals surface area contributed by atoms with Crippen molar-refractivity contribution in [3.8, 4) is 0 Å². The molecule has 0 radical (unpaired) electrons. The Morgan fingerprint density at radius 3 is 2.45 bits per heavy atom. The standard InChI is InChI=1S/C14H23N3O4S/c1-11(2)10-21-9-3-8-16-14(18)17-12-4-6-13(7-5-12)22(15,19)20/h4-7,11H,3,8-10H2,1-2H3,(H2,15,19,20)(H2,16,17,18). The first-order valence-corrected chi connectivity index (χ1v) is 8.59. The Bertz CT molecular complexity index is 570. The minimum atomic E-state index is -3.72. The minimum Gasteiger partial charge on any atom is -0.381 e. The lowest BCUT2D eigenvalue weighted by molar-refractivity contribution is 0.108. The molecule has 1 aromatic rings. The van der Waals surface area contributed by atoms with Crippen molar-refractivity contribution in [2.75, 3.05) is 25.1 Å². The SMILES string of the molecule is CC(C)COCCCNC(=O)Nc1ccc(S(N)(=O)=O)cc1. The molecule has 0 spiro atoms. The van der Waals surface area contributed by atoms with Crippen molar-refractivity contribution in [1.29, 1.82) is 0 Å². The van der Waals surface area contributed by atoms with Gasteiger partial charge in [-0.3, -0.25) is 0 Å². The molecule has 0 aliphatic heterocycles. The molecule has 124 valence electrons. The van der Waals surface area contributed by atoms with Gasteiger partial charge in [-0.15, -0.1) is 0 Å². The Kier molecular flexibility index (Phi) is 7.30. The van der Waals surface area contributed by atoms with Crippen molar-refractivity contribution in [2.24, 2.45) is 11.1 Å². The smallest absolute Gasteiger partial charge is 0.319 e. The van der Waals surface area contributed by atoms with E-state index in [-0.39, 0.29) is 10.9 Å². The van der Waals surface area contributed by atoms with Crippen LogP contribution >= 0.6 is 0 Å². The Hall–Kier alpha value is -1.64. The third-order valence-corrected chi connectivity index (χ3v) is 3.57. The molecule has 22 heavy (non-hydrogen) atoms. The molecule has 4 N–H and O–H groups in total. The predicted molar refractivity (Wildman–Crippen MR) is 85.1 cm³/mol. The number of primary sulfonamides is 1. The van der Waals surface area contributed by atoms with Gasteiger partial charge in [0.05, 0.1) is 4.90 Å². The van der Waals surface area contributed by atoms with Crippen molar-refractivity contribution in [2.45, 2.75) is 25.2 Å². The van der Waals surface area contributed by atoms with Crippen LogP contribution in [0.3, 0.4) is 0 Å². The number of hydrogen-bond donors (Lipinski definition) is 3. The van der Waals surface area contributed by atoms with Gasteiger partial charge in [0.15, 0.2) is 0 Å². The molecular formula is C14H23N3O4S. The Labute approximate surface area is 131 Å². The van der Waals surface area contributed by atoms with E-state index in [0.29, 0.717) is 31.4 Å². The molecule has 1 rings (SSSR count). The maximum absolute atomic E-state index is 11.6. The van der Waals surface area contributed by atoms with Crippen LogP contribution < -0.4 is 15.8 Å². The van der Waals surface area contributed by atoms with Gasteiger partial charge in [0.2, 0.25) is 10.0 Å². The van der Waals surface area contributed by atoms with Gasteiger partial charge in [0, 0.05) is 25.4 Å². The maximum atomic E-state index is 11.6. The average Bonchev–Trinajstić information content (AvgIpc) is 2.42. The molecule has 2 amide bonds. The van der Waals surface area contributed by atoms with E-state index in [2.05, 4.69) is 24.5 Å². The van der Waals surface area contributed by atoms with E-state index in [1.54, 1.807) is 0 Å². The third-order valence-electron chi connectivity index (χ3n) is 2.64. The summed E-state index contributed by atoms with van der Waals surface area (Å²) in [5.74, 6) is 0.497. The van der Waals surface area contributed by atoms with Crippen LogP contribution in [0.2, 0.25) is 0 Å². The number of carbonyl (C=O) groups excluding carboxylic acids is 1. The molecule has 0 unspecified atom stereocenters. The van der Waals surface area contributed by atoms with Crippen LogP contribution in [0.5, 0.6) is 0 Å². The van der Waals surface area contributed by atoms with Gasteiger partial charge < -0.3 is 15.4 Å². The Morgan fingerprint density at radius 1 is 1.27 bits per heavy atom. The second-order valence-electron chi connectivity index (χ2n) is 5.27. The van der Waals surface area contributed by atoms with Crippen LogP contribution in [-0.2, 0) is 14.8 Å². The zero-order chi connectivity index (χ0) is 16.6. The number of urea groups is 1. The second-order valence-corrected chi connectivity index (χ2v) is 6.83. The Morgan fingerprint density at radius 2 is 1.91 bits per heavy atom. The lowest BCUT2D eigenvalue weighted by atomic mass is 10.2. The topological polar surface area (TPSA) is 111 Å². The molecule has 0 aliphatic carbocycles. The quantitative estimate of drug-likeness (QED) is 0.628. The highest BCUT2D eigenvalue weighted by Crippen LogP contribution is 2.12. The summed E-state index contributed by atoms with van der Waals surface area (Å²) in [4.78, 5) is 11.6. The van der Waals surface area contributed by atoms with Crippen molar-refractivity contribution in [3.05, 3.63) is 24.3 Å². The number of nitrogens with two attached hydrogens (primary N) is 1. The zero-order valence-electron chi connectivity index (χ0n) is 12.8. The highest BCUT2D eigenvalue weighted by Gasteiger charge is 2.07. The molecule has 0 bridgehead atoms. The van der Waals surface area contributed by atoms with E-state index in [9.17, 15) is 13.2 Å². The number of amides is 2. The molecule has 0 saturated carbocycles. The van der Waals surface area contributed by atoms with Gasteiger partial charge in [-0.1, -0.05) is 13.8 Å². The Balaban J connectivity index is 2.28. The van der Waals surface area contributed by atoms with E-state index in [1.165, 1.54) is 24.3 Å². The highest BCUT2D eigenvalue weighted by molar-refractivity contribution is 7.89.